The SMILES string of the molecule is CN(Cc1cn(C)c2ccccc12)c1cccc(N)c1. The third kappa shape index (κ3) is 2.23. The Morgan fingerprint density at radius 1 is 1.10 bits per heavy atom. The van der Waals surface area contributed by atoms with Gasteiger partial charge in [-0.2, -0.15) is 0 Å². The molecule has 3 rings (SSSR count). The van der Waals surface area contributed by atoms with Crippen LogP contribution in [0.4, 0.5) is 11.4 Å². The first-order valence-electron chi connectivity index (χ1n) is 6.75. The fourth-order valence-electron chi connectivity index (χ4n) is 2.66. The second kappa shape index (κ2) is 4.93. The molecule has 3 heteroatoms. The smallest absolute Gasteiger partial charge is 0.0481 e. The van der Waals surface area contributed by atoms with Gasteiger partial charge in [0.2, 0.25) is 0 Å². The summed E-state index contributed by atoms with van der Waals surface area (Å²) in [6.45, 7) is 0.866. The van der Waals surface area contributed by atoms with Crippen LogP contribution in [-0.4, -0.2) is 11.6 Å². The van der Waals surface area contributed by atoms with Gasteiger partial charge in [0, 0.05) is 49.1 Å². The molecule has 0 aliphatic heterocycles. The Morgan fingerprint density at radius 2 is 1.90 bits per heavy atom. The maximum Gasteiger partial charge on any atom is 0.0481 e. The first-order valence-corrected chi connectivity index (χ1v) is 6.75. The van der Waals surface area contributed by atoms with E-state index in [2.05, 4.69) is 60.1 Å². The lowest BCUT2D eigenvalue weighted by Crippen LogP contribution is -2.16. The molecule has 0 fully saturated rings. The molecule has 0 aliphatic carbocycles. The minimum Gasteiger partial charge on any atom is -0.399 e. The number of hydrogen-bond donors (Lipinski definition) is 1. The van der Waals surface area contributed by atoms with Gasteiger partial charge in [0.25, 0.3) is 0 Å². The molecule has 0 aliphatic rings. The molecule has 0 amide bonds. The van der Waals surface area contributed by atoms with Crippen molar-refractivity contribution in [2.24, 2.45) is 7.05 Å². The zero-order valence-corrected chi connectivity index (χ0v) is 11.9. The Kier molecular flexibility index (Phi) is 3.11. The summed E-state index contributed by atoms with van der Waals surface area (Å²) >= 11 is 0. The van der Waals surface area contributed by atoms with Crippen molar-refractivity contribution in [2.45, 2.75) is 6.54 Å². The maximum atomic E-state index is 5.85. The number of nitrogen functional groups attached to an aromatic ring is 1. The maximum absolute atomic E-state index is 5.85. The highest BCUT2D eigenvalue weighted by molar-refractivity contribution is 5.84. The van der Waals surface area contributed by atoms with Crippen LogP contribution in [0.5, 0.6) is 0 Å². The fourth-order valence-corrected chi connectivity index (χ4v) is 2.66. The number of aromatic nitrogens is 1. The van der Waals surface area contributed by atoms with Gasteiger partial charge in [-0.1, -0.05) is 24.3 Å². The van der Waals surface area contributed by atoms with E-state index in [0.29, 0.717) is 0 Å². The highest BCUT2D eigenvalue weighted by atomic mass is 15.1. The molecule has 0 atom stereocenters. The third-order valence-corrected chi connectivity index (χ3v) is 3.70. The quantitative estimate of drug-likeness (QED) is 0.736. The topological polar surface area (TPSA) is 34.2 Å². The van der Waals surface area contributed by atoms with Gasteiger partial charge in [0.15, 0.2) is 0 Å². The molecule has 20 heavy (non-hydrogen) atoms. The molecule has 3 aromatic rings. The first kappa shape index (κ1) is 12.6. The average molecular weight is 265 g/mol. The average Bonchev–Trinajstić information content (AvgIpc) is 2.76. The van der Waals surface area contributed by atoms with E-state index >= 15 is 0 Å². The van der Waals surface area contributed by atoms with Crippen LogP contribution in [0.2, 0.25) is 0 Å². The number of nitrogens with zero attached hydrogens (tertiary/aromatic N) is 2. The van der Waals surface area contributed by atoms with Crippen molar-refractivity contribution in [1.29, 1.82) is 0 Å². The van der Waals surface area contributed by atoms with Crippen LogP contribution in [0, 0.1) is 0 Å². The monoisotopic (exact) mass is 265 g/mol. The Bertz CT molecular complexity index is 743. The fraction of sp³-hybridized carbons (Fsp3) is 0.176. The summed E-state index contributed by atoms with van der Waals surface area (Å²) in [5.74, 6) is 0. The number of anilines is 2. The molecule has 0 radical (unpaired) electrons. The summed E-state index contributed by atoms with van der Waals surface area (Å²) in [6, 6.07) is 16.5. The molecular weight excluding hydrogens is 246 g/mol. The highest BCUT2D eigenvalue weighted by Gasteiger charge is 2.09. The molecular formula is C17H19N3. The van der Waals surface area contributed by atoms with Crippen LogP contribution in [0.15, 0.2) is 54.7 Å². The molecule has 0 saturated heterocycles. The summed E-state index contributed by atoms with van der Waals surface area (Å²) in [6.07, 6.45) is 2.20. The Labute approximate surface area is 119 Å². The van der Waals surface area contributed by atoms with Crippen molar-refractivity contribution >= 4 is 22.3 Å². The lowest BCUT2D eigenvalue weighted by molar-refractivity contribution is 0.904. The van der Waals surface area contributed by atoms with E-state index in [1.165, 1.54) is 16.5 Å². The van der Waals surface area contributed by atoms with Crippen molar-refractivity contribution in [3.8, 4) is 0 Å². The molecule has 102 valence electrons. The number of fused-ring (bicyclic) bond motifs is 1. The number of nitrogens with two attached hydrogens (primary N) is 1. The van der Waals surface area contributed by atoms with E-state index in [1.807, 2.05) is 18.2 Å². The van der Waals surface area contributed by atoms with Crippen molar-refractivity contribution in [1.82, 2.24) is 4.57 Å². The predicted molar refractivity (Wildman–Crippen MR) is 85.9 cm³/mol. The second-order valence-electron chi connectivity index (χ2n) is 5.23. The molecule has 3 nitrogen and oxygen atoms in total. The minimum atomic E-state index is 0.798. The van der Waals surface area contributed by atoms with E-state index in [4.69, 9.17) is 5.73 Å². The van der Waals surface area contributed by atoms with Crippen LogP contribution >= 0.6 is 0 Å². The molecule has 2 N–H and O–H groups in total. The van der Waals surface area contributed by atoms with Crippen LogP contribution < -0.4 is 10.6 Å². The number of para-hydroxylation sites is 1. The van der Waals surface area contributed by atoms with Crippen molar-refractivity contribution in [3.05, 3.63) is 60.3 Å². The summed E-state index contributed by atoms with van der Waals surface area (Å²) in [5.41, 5.74) is 10.4. The van der Waals surface area contributed by atoms with Crippen LogP contribution in [-0.2, 0) is 13.6 Å². The van der Waals surface area contributed by atoms with E-state index in [1.54, 1.807) is 0 Å². The summed E-state index contributed by atoms with van der Waals surface area (Å²) in [5, 5.41) is 1.31. The van der Waals surface area contributed by atoms with Gasteiger partial charge in [0.05, 0.1) is 0 Å². The zero-order chi connectivity index (χ0) is 14.1. The van der Waals surface area contributed by atoms with E-state index in [0.717, 1.165) is 17.9 Å². The molecule has 2 aromatic carbocycles. The van der Waals surface area contributed by atoms with Crippen molar-refractivity contribution in [3.63, 3.8) is 0 Å². The van der Waals surface area contributed by atoms with Gasteiger partial charge < -0.3 is 15.2 Å². The largest absolute Gasteiger partial charge is 0.399 e. The normalized spacial score (nSPS) is 10.9. The van der Waals surface area contributed by atoms with Gasteiger partial charge in [-0.25, -0.2) is 0 Å². The molecule has 0 unspecified atom stereocenters. The van der Waals surface area contributed by atoms with Crippen molar-refractivity contribution in [2.75, 3.05) is 17.7 Å². The van der Waals surface area contributed by atoms with Gasteiger partial charge in [-0.15, -0.1) is 0 Å². The van der Waals surface area contributed by atoms with Gasteiger partial charge >= 0.3 is 0 Å². The third-order valence-electron chi connectivity index (χ3n) is 3.70. The van der Waals surface area contributed by atoms with Gasteiger partial charge in [0.1, 0.15) is 0 Å². The minimum absolute atomic E-state index is 0.798. The standard InChI is InChI=1S/C17H19N3/c1-19(15-7-5-6-14(18)10-15)11-13-12-20(2)17-9-4-3-8-16(13)17/h3-10,12H,11,18H2,1-2H3. The zero-order valence-electron chi connectivity index (χ0n) is 11.9. The van der Waals surface area contributed by atoms with E-state index in [9.17, 15) is 0 Å². The number of hydrogen-bond acceptors (Lipinski definition) is 2. The molecule has 0 saturated carbocycles. The van der Waals surface area contributed by atoms with Gasteiger partial charge in [-0.05, 0) is 29.8 Å². The lowest BCUT2D eigenvalue weighted by atomic mass is 10.1. The van der Waals surface area contributed by atoms with Crippen molar-refractivity contribution < 1.29 is 0 Å². The number of aryl methyl sites for hydroxylation is 1. The van der Waals surface area contributed by atoms with Crippen LogP contribution in [0.1, 0.15) is 5.56 Å². The Morgan fingerprint density at radius 3 is 2.70 bits per heavy atom. The molecule has 1 aromatic heterocycles. The van der Waals surface area contributed by atoms with Crippen LogP contribution in [0.3, 0.4) is 0 Å². The van der Waals surface area contributed by atoms with Crippen LogP contribution in [0.25, 0.3) is 10.9 Å². The van der Waals surface area contributed by atoms with E-state index in [-0.39, 0.29) is 0 Å². The molecule has 0 bridgehead atoms. The Hall–Kier alpha value is -2.42. The number of rotatable bonds is 3. The summed E-state index contributed by atoms with van der Waals surface area (Å²) in [4.78, 5) is 2.22. The van der Waals surface area contributed by atoms with E-state index < -0.39 is 0 Å². The highest BCUT2D eigenvalue weighted by Crippen LogP contribution is 2.24. The predicted octanol–water partition coefficient (Wildman–Crippen LogP) is 3.40. The van der Waals surface area contributed by atoms with Gasteiger partial charge in [-0.3, -0.25) is 0 Å². The number of benzene rings is 2. The summed E-state index contributed by atoms with van der Waals surface area (Å²) < 4.78 is 2.18. The first-order chi connectivity index (χ1) is 9.65. The molecule has 0 spiro atoms. The Balaban J connectivity index is 1.93. The lowest BCUT2D eigenvalue weighted by Gasteiger charge is -2.19. The summed E-state index contributed by atoms with van der Waals surface area (Å²) in [7, 11) is 4.18. The molecule has 1 heterocycles. The second-order valence-corrected chi connectivity index (χ2v) is 5.23.